The lowest BCUT2D eigenvalue weighted by atomic mass is 10.1. The van der Waals surface area contributed by atoms with Crippen molar-refractivity contribution < 1.29 is 0 Å². The predicted molar refractivity (Wildman–Crippen MR) is 77.3 cm³/mol. The van der Waals surface area contributed by atoms with E-state index in [0.717, 1.165) is 22.4 Å². The van der Waals surface area contributed by atoms with Gasteiger partial charge >= 0.3 is 0 Å². The van der Waals surface area contributed by atoms with Gasteiger partial charge in [-0.25, -0.2) is 4.98 Å². The van der Waals surface area contributed by atoms with Crippen LogP contribution in [0.2, 0.25) is 0 Å². The van der Waals surface area contributed by atoms with Crippen molar-refractivity contribution in [2.75, 3.05) is 0 Å². The van der Waals surface area contributed by atoms with E-state index in [1.807, 2.05) is 24.3 Å². The first-order chi connectivity index (χ1) is 9.81. The van der Waals surface area contributed by atoms with E-state index >= 15 is 0 Å². The van der Waals surface area contributed by atoms with Crippen molar-refractivity contribution in [1.29, 1.82) is 5.26 Å². The lowest BCUT2D eigenvalue weighted by molar-refractivity contribution is 0.778. The predicted octanol–water partition coefficient (Wildman–Crippen LogP) is 3.09. The van der Waals surface area contributed by atoms with Crippen molar-refractivity contribution in [2.45, 2.75) is 12.4 Å². The standard InChI is InChI=1S/C15H11ClN4/c16-7-15-19-13-9-18-5-4-14(13)20(15)10-12-3-1-2-11(6-12)8-17/h1-6,9H,7,10H2. The van der Waals surface area contributed by atoms with E-state index in [0.29, 0.717) is 18.0 Å². The summed E-state index contributed by atoms with van der Waals surface area (Å²) < 4.78 is 2.06. The maximum Gasteiger partial charge on any atom is 0.125 e. The minimum Gasteiger partial charge on any atom is -0.322 e. The number of alkyl halides is 1. The van der Waals surface area contributed by atoms with Gasteiger partial charge in [0.05, 0.1) is 29.2 Å². The molecule has 3 aromatic rings. The third-order valence-corrected chi connectivity index (χ3v) is 3.38. The van der Waals surface area contributed by atoms with Gasteiger partial charge in [-0.3, -0.25) is 4.98 Å². The Morgan fingerprint density at radius 1 is 1.30 bits per heavy atom. The lowest BCUT2D eigenvalue weighted by Gasteiger charge is -2.08. The second-order valence-corrected chi connectivity index (χ2v) is 4.69. The summed E-state index contributed by atoms with van der Waals surface area (Å²) in [5.74, 6) is 1.14. The second-order valence-electron chi connectivity index (χ2n) is 4.42. The molecule has 1 aromatic carbocycles. The molecule has 0 aliphatic heterocycles. The Morgan fingerprint density at radius 3 is 3.00 bits per heavy atom. The number of hydrogen-bond donors (Lipinski definition) is 0. The topological polar surface area (TPSA) is 54.5 Å². The summed E-state index contributed by atoms with van der Waals surface area (Å²) in [5, 5.41) is 8.96. The summed E-state index contributed by atoms with van der Waals surface area (Å²) in [6.07, 6.45) is 3.47. The van der Waals surface area contributed by atoms with Crippen LogP contribution in [0.15, 0.2) is 42.7 Å². The molecule has 0 fully saturated rings. The first kappa shape index (κ1) is 12.6. The quantitative estimate of drug-likeness (QED) is 0.694. The number of pyridine rings is 1. The molecule has 0 atom stereocenters. The third-order valence-electron chi connectivity index (χ3n) is 3.15. The zero-order valence-electron chi connectivity index (χ0n) is 10.6. The number of imidazole rings is 1. The Balaban J connectivity index is 2.07. The van der Waals surface area contributed by atoms with Gasteiger partial charge in [-0.2, -0.15) is 5.26 Å². The van der Waals surface area contributed by atoms with Gasteiger partial charge in [0.15, 0.2) is 0 Å². The Hall–Kier alpha value is -2.38. The molecule has 5 heteroatoms. The van der Waals surface area contributed by atoms with Crippen molar-refractivity contribution in [3.8, 4) is 6.07 Å². The van der Waals surface area contributed by atoms with Crippen LogP contribution in [0, 0.1) is 11.3 Å². The summed E-state index contributed by atoms with van der Waals surface area (Å²) in [4.78, 5) is 8.55. The Bertz CT molecular complexity index is 801. The van der Waals surface area contributed by atoms with E-state index in [4.69, 9.17) is 16.9 Å². The number of rotatable bonds is 3. The van der Waals surface area contributed by atoms with Crippen LogP contribution in [0.4, 0.5) is 0 Å². The number of nitrogens with zero attached hydrogens (tertiary/aromatic N) is 4. The highest BCUT2D eigenvalue weighted by Crippen LogP contribution is 2.18. The molecule has 98 valence electrons. The van der Waals surface area contributed by atoms with Crippen LogP contribution < -0.4 is 0 Å². The lowest BCUT2D eigenvalue weighted by Crippen LogP contribution is -2.04. The van der Waals surface area contributed by atoms with E-state index < -0.39 is 0 Å². The molecule has 20 heavy (non-hydrogen) atoms. The number of benzene rings is 1. The number of aromatic nitrogens is 3. The molecule has 2 aromatic heterocycles. The van der Waals surface area contributed by atoms with E-state index in [9.17, 15) is 0 Å². The van der Waals surface area contributed by atoms with Gasteiger partial charge in [-0.1, -0.05) is 12.1 Å². The second kappa shape index (κ2) is 5.32. The molecule has 0 N–H and O–H groups in total. The van der Waals surface area contributed by atoms with Crippen molar-refractivity contribution in [1.82, 2.24) is 14.5 Å². The maximum atomic E-state index is 8.96. The molecule has 0 radical (unpaired) electrons. The van der Waals surface area contributed by atoms with Crippen molar-refractivity contribution in [3.63, 3.8) is 0 Å². The fourth-order valence-corrected chi connectivity index (χ4v) is 2.44. The van der Waals surface area contributed by atoms with Gasteiger partial charge < -0.3 is 4.57 Å². The molecule has 3 rings (SSSR count). The minimum absolute atomic E-state index is 0.340. The number of nitriles is 1. The van der Waals surface area contributed by atoms with Crippen molar-refractivity contribution >= 4 is 22.6 Å². The zero-order valence-corrected chi connectivity index (χ0v) is 11.4. The largest absolute Gasteiger partial charge is 0.322 e. The SMILES string of the molecule is N#Cc1cccc(Cn2c(CCl)nc3cnccc32)c1. The first-order valence-electron chi connectivity index (χ1n) is 6.16. The zero-order chi connectivity index (χ0) is 13.9. The summed E-state index contributed by atoms with van der Waals surface area (Å²) in [5.41, 5.74) is 3.53. The molecule has 0 aliphatic rings. The van der Waals surface area contributed by atoms with Crippen molar-refractivity contribution in [3.05, 3.63) is 59.7 Å². The van der Waals surface area contributed by atoms with Crippen molar-refractivity contribution in [2.24, 2.45) is 0 Å². The highest BCUT2D eigenvalue weighted by Gasteiger charge is 2.10. The average molecular weight is 283 g/mol. The number of fused-ring (bicyclic) bond motifs is 1. The number of hydrogen-bond acceptors (Lipinski definition) is 3. The normalized spacial score (nSPS) is 10.6. The van der Waals surface area contributed by atoms with E-state index in [1.54, 1.807) is 18.5 Å². The van der Waals surface area contributed by atoms with Gasteiger partial charge in [0.2, 0.25) is 0 Å². The van der Waals surface area contributed by atoms with Crippen LogP contribution in [0.1, 0.15) is 17.0 Å². The van der Waals surface area contributed by atoms with Crippen LogP contribution in [0.3, 0.4) is 0 Å². The van der Waals surface area contributed by atoms with E-state index in [2.05, 4.69) is 20.6 Å². The van der Waals surface area contributed by atoms with E-state index in [1.165, 1.54) is 0 Å². The van der Waals surface area contributed by atoms with Gasteiger partial charge in [0.25, 0.3) is 0 Å². The summed E-state index contributed by atoms with van der Waals surface area (Å²) in [7, 11) is 0. The molecule has 4 nitrogen and oxygen atoms in total. The Kier molecular flexibility index (Phi) is 3.36. The van der Waals surface area contributed by atoms with Gasteiger partial charge in [-0.15, -0.1) is 11.6 Å². The summed E-state index contributed by atoms with van der Waals surface area (Å²) in [6, 6.07) is 11.6. The monoisotopic (exact) mass is 282 g/mol. The first-order valence-corrected chi connectivity index (χ1v) is 6.69. The van der Waals surface area contributed by atoms with Crippen LogP contribution in [-0.2, 0) is 12.4 Å². The van der Waals surface area contributed by atoms with Gasteiger partial charge in [-0.05, 0) is 23.8 Å². The molecular weight excluding hydrogens is 272 g/mol. The summed E-state index contributed by atoms with van der Waals surface area (Å²) >= 11 is 5.97. The smallest absolute Gasteiger partial charge is 0.125 e. The van der Waals surface area contributed by atoms with E-state index in [-0.39, 0.29) is 0 Å². The highest BCUT2D eigenvalue weighted by molar-refractivity contribution is 6.16. The fraction of sp³-hybridized carbons (Fsp3) is 0.133. The van der Waals surface area contributed by atoms with Crippen LogP contribution in [0.25, 0.3) is 11.0 Å². The minimum atomic E-state index is 0.340. The van der Waals surface area contributed by atoms with Gasteiger partial charge in [0.1, 0.15) is 11.3 Å². The maximum absolute atomic E-state index is 8.96. The molecule has 0 spiro atoms. The third kappa shape index (κ3) is 2.24. The molecule has 0 amide bonds. The molecule has 0 bridgehead atoms. The molecule has 0 saturated heterocycles. The molecule has 0 unspecified atom stereocenters. The highest BCUT2D eigenvalue weighted by atomic mass is 35.5. The average Bonchev–Trinajstić information content (AvgIpc) is 2.85. The van der Waals surface area contributed by atoms with Crippen LogP contribution in [0.5, 0.6) is 0 Å². The van der Waals surface area contributed by atoms with Crippen LogP contribution in [-0.4, -0.2) is 14.5 Å². The molecule has 0 aliphatic carbocycles. The Labute approximate surface area is 121 Å². The summed E-state index contributed by atoms with van der Waals surface area (Å²) in [6.45, 7) is 0.637. The van der Waals surface area contributed by atoms with Crippen LogP contribution >= 0.6 is 11.6 Å². The fourth-order valence-electron chi connectivity index (χ4n) is 2.23. The Morgan fingerprint density at radius 2 is 2.20 bits per heavy atom. The number of halogens is 1. The molecule has 0 saturated carbocycles. The molecule has 2 heterocycles. The van der Waals surface area contributed by atoms with Gasteiger partial charge in [0, 0.05) is 12.7 Å². The molecular formula is C15H11ClN4.